The number of likely N-dealkylation sites (tertiary alicyclic amines) is 1. The van der Waals surface area contributed by atoms with Crippen molar-refractivity contribution in [2.24, 2.45) is 0 Å². The van der Waals surface area contributed by atoms with Gasteiger partial charge in [-0.15, -0.1) is 0 Å². The Morgan fingerprint density at radius 2 is 1.81 bits per heavy atom. The Hall–Kier alpha value is -0.610. The van der Waals surface area contributed by atoms with E-state index in [1.807, 2.05) is 4.90 Å². The summed E-state index contributed by atoms with van der Waals surface area (Å²) in [6.45, 7) is 4.47. The van der Waals surface area contributed by atoms with E-state index in [0.717, 1.165) is 32.5 Å². The first-order valence-corrected chi connectivity index (χ1v) is 6.34. The van der Waals surface area contributed by atoms with E-state index in [1.165, 1.54) is 12.8 Å². The number of aliphatic hydroxyl groups is 1. The Morgan fingerprint density at radius 3 is 2.25 bits per heavy atom. The van der Waals surface area contributed by atoms with Crippen LogP contribution in [0.15, 0.2) is 0 Å². The van der Waals surface area contributed by atoms with Crippen LogP contribution in [0.3, 0.4) is 0 Å². The molecule has 1 aliphatic carbocycles. The van der Waals surface area contributed by atoms with Crippen LogP contribution in [0.5, 0.6) is 0 Å². The molecule has 2 rings (SSSR count). The molecule has 2 aliphatic rings. The minimum absolute atomic E-state index is 0.193. The summed E-state index contributed by atoms with van der Waals surface area (Å²) in [5.41, 5.74) is 0. The summed E-state index contributed by atoms with van der Waals surface area (Å²) in [6, 6.07) is 1.29. The average molecular weight is 226 g/mol. The third-order valence-corrected chi connectivity index (χ3v) is 3.75. The zero-order chi connectivity index (χ0) is 11.5. The predicted molar refractivity (Wildman–Crippen MR) is 62.1 cm³/mol. The molecule has 0 spiro atoms. The van der Waals surface area contributed by atoms with Crippen molar-refractivity contribution in [1.82, 2.24) is 9.80 Å². The first kappa shape index (κ1) is 11.9. The van der Waals surface area contributed by atoms with Gasteiger partial charge in [0.25, 0.3) is 0 Å². The maximum Gasteiger partial charge on any atom is 0.219 e. The standard InChI is InChI=1S/C12H22N2O2/c1-10(16)13-6-4-12(5-7-13)14(8-9-15)11-2-3-11/h11-12,15H,2-9H2,1H3. The zero-order valence-electron chi connectivity index (χ0n) is 10.1. The second-order valence-electron chi connectivity index (χ2n) is 4.93. The highest BCUT2D eigenvalue weighted by Gasteiger charge is 2.35. The molecule has 2 fully saturated rings. The monoisotopic (exact) mass is 226 g/mol. The van der Waals surface area contributed by atoms with E-state index in [0.29, 0.717) is 12.1 Å². The van der Waals surface area contributed by atoms with E-state index in [9.17, 15) is 4.79 Å². The lowest BCUT2D eigenvalue weighted by atomic mass is 10.0. The Balaban J connectivity index is 1.84. The molecule has 0 aromatic rings. The highest BCUT2D eigenvalue weighted by atomic mass is 16.3. The van der Waals surface area contributed by atoms with Crippen LogP contribution in [0.4, 0.5) is 0 Å². The van der Waals surface area contributed by atoms with Crippen LogP contribution in [0.2, 0.25) is 0 Å². The molecule has 1 saturated carbocycles. The largest absolute Gasteiger partial charge is 0.395 e. The van der Waals surface area contributed by atoms with Crippen molar-refractivity contribution in [2.75, 3.05) is 26.2 Å². The minimum Gasteiger partial charge on any atom is -0.395 e. The number of aliphatic hydroxyl groups excluding tert-OH is 1. The fourth-order valence-electron chi connectivity index (χ4n) is 2.70. The number of hydrogen-bond acceptors (Lipinski definition) is 3. The Morgan fingerprint density at radius 1 is 1.25 bits per heavy atom. The number of carbonyl (C=O) groups is 1. The number of carbonyl (C=O) groups excluding carboxylic acids is 1. The van der Waals surface area contributed by atoms with Crippen molar-refractivity contribution in [1.29, 1.82) is 0 Å². The number of hydrogen-bond donors (Lipinski definition) is 1. The Kier molecular flexibility index (Phi) is 3.82. The van der Waals surface area contributed by atoms with Gasteiger partial charge in [-0.1, -0.05) is 0 Å². The summed E-state index contributed by atoms with van der Waals surface area (Å²) in [7, 11) is 0. The molecule has 4 nitrogen and oxygen atoms in total. The zero-order valence-corrected chi connectivity index (χ0v) is 10.1. The van der Waals surface area contributed by atoms with Crippen LogP contribution in [-0.4, -0.2) is 59.1 Å². The highest BCUT2D eigenvalue weighted by molar-refractivity contribution is 5.73. The van der Waals surface area contributed by atoms with Gasteiger partial charge in [-0.25, -0.2) is 0 Å². The Labute approximate surface area is 97.2 Å². The van der Waals surface area contributed by atoms with Crippen LogP contribution in [0, 0.1) is 0 Å². The van der Waals surface area contributed by atoms with E-state index < -0.39 is 0 Å². The third-order valence-electron chi connectivity index (χ3n) is 3.75. The topological polar surface area (TPSA) is 43.8 Å². The second kappa shape index (κ2) is 5.15. The van der Waals surface area contributed by atoms with Crippen molar-refractivity contribution in [3.8, 4) is 0 Å². The second-order valence-corrected chi connectivity index (χ2v) is 4.93. The molecule has 0 atom stereocenters. The summed E-state index contributed by atoms with van der Waals surface area (Å²) in [4.78, 5) is 15.6. The van der Waals surface area contributed by atoms with Gasteiger partial charge in [-0.05, 0) is 25.7 Å². The number of rotatable bonds is 4. The molecule has 16 heavy (non-hydrogen) atoms. The van der Waals surface area contributed by atoms with E-state index in [4.69, 9.17) is 5.11 Å². The van der Waals surface area contributed by atoms with Gasteiger partial charge in [0.1, 0.15) is 0 Å². The number of nitrogens with zero attached hydrogens (tertiary/aromatic N) is 2. The fraction of sp³-hybridized carbons (Fsp3) is 0.917. The van der Waals surface area contributed by atoms with Crippen LogP contribution < -0.4 is 0 Å². The maximum atomic E-state index is 11.2. The van der Waals surface area contributed by atoms with E-state index in [1.54, 1.807) is 6.92 Å². The van der Waals surface area contributed by atoms with Crippen molar-refractivity contribution >= 4 is 5.91 Å². The minimum atomic E-state index is 0.193. The van der Waals surface area contributed by atoms with Crippen molar-refractivity contribution in [3.63, 3.8) is 0 Å². The lowest BCUT2D eigenvalue weighted by Crippen LogP contribution is -2.47. The van der Waals surface area contributed by atoms with E-state index in [2.05, 4.69) is 4.90 Å². The van der Waals surface area contributed by atoms with Crippen LogP contribution >= 0.6 is 0 Å². The molecule has 0 bridgehead atoms. The molecular formula is C12H22N2O2. The van der Waals surface area contributed by atoms with Crippen LogP contribution in [-0.2, 0) is 4.79 Å². The van der Waals surface area contributed by atoms with Crippen LogP contribution in [0.1, 0.15) is 32.6 Å². The van der Waals surface area contributed by atoms with Gasteiger partial charge in [-0.2, -0.15) is 0 Å². The van der Waals surface area contributed by atoms with Gasteiger partial charge >= 0.3 is 0 Å². The first-order valence-electron chi connectivity index (χ1n) is 6.34. The molecule has 0 aromatic carbocycles. The van der Waals surface area contributed by atoms with Gasteiger partial charge in [0.15, 0.2) is 0 Å². The summed E-state index contributed by atoms with van der Waals surface area (Å²) >= 11 is 0. The average Bonchev–Trinajstić information content (AvgIpc) is 3.10. The molecule has 1 saturated heterocycles. The molecule has 4 heteroatoms. The number of amides is 1. The summed E-state index contributed by atoms with van der Waals surface area (Å²) in [5.74, 6) is 0.193. The molecule has 1 aliphatic heterocycles. The van der Waals surface area contributed by atoms with Crippen molar-refractivity contribution in [3.05, 3.63) is 0 Å². The van der Waals surface area contributed by atoms with Crippen LogP contribution in [0.25, 0.3) is 0 Å². The highest BCUT2D eigenvalue weighted by Crippen LogP contribution is 2.31. The Bertz CT molecular complexity index is 245. The first-order chi connectivity index (χ1) is 7.72. The SMILES string of the molecule is CC(=O)N1CCC(N(CCO)C2CC2)CC1. The third kappa shape index (κ3) is 2.74. The van der Waals surface area contributed by atoms with Gasteiger partial charge < -0.3 is 10.0 Å². The molecule has 92 valence electrons. The number of piperidine rings is 1. The van der Waals surface area contributed by atoms with E-state index >= 15 is 0 Å². The summed E-state index contributed by atoms with van der Waals surface area (Å²) in [6.07, 6.45) is 4.70. The molecule has 0 radical (unpaired) electrons. The molecule has 1 amide bonds. The van der Waals surface area contributed by atoms with Crippen molar-refractivity contribution < 1.29 is 9.90 Å². The maximum absolute atomic E-state index is 11.2. The normalized spacial score (nSPS) is 22.8. The van der Waals surface area contributed by atoms with Gasteiger partial charge in [0.05, 0.1) is 6.61 Å². The molecule has 0 unspecified atom stereocenters. The van der Waals surface area contributed by atoms with Gasteiger partial charge in [0.2, 0.25) is 5.91 Å². The smallest absolute Gasteiger partial charge is 0.219 e. The predicted octanol–water partition coefficient (Wildman–Crippen LogP) is 0.454. The summed E-state index contributed by atoms with van der Waals surface area (Å²) < 4.78 is 0. The molecular weight excluding hydrogens is 204 g/mol. The molecule has 0 aromatic heterocycles. The lowest BCUT2D eigenvalue weighted by Gasteiger charge is -2.38. The van der Waals surface area contributed by atoms with Gasteiger partial charge in [-0.3, -0.25) is 9.69 Å². The van der Waals surface area contributed by atoms with E-state index in [-0.39, 0.29) is 12.5 Å². The van der Waals surface area contributed by atoms with Crippen molar-refractivity contribution in [2.45, 2.75) is 44.7 Å². The van der Waals surface area contributed by atoms with Gasteiger partial charge in [0, 0.05) is 38.6 Å². The molecule has 1 N–H and O–H groups in total. The molecule has 1 heterocycles. The summed E-state index contributed by atoms with van der Waals surface area (Å²) in [5, 5.41) is 9.08. The quantitative estimate of drug-likeness (QED) is 0.757. The lowest BCUT2D eigenvalue weighted by molar-refractivity contribution is -0.130. The fourth-order valence-corrected chi connectivity index (χ4v) is 2.70.